The van der Waals surface area contributed by atoms with Crippen molar-refractivity contribution in [3.05, 3.63) is 59.7 Å². The standard InChI is InChI=1S/C28H41N3O5S/c1-8-36-25-13-10-9-12-24(25)31(37(7,34)35)19-11-14-26(32)30(20-23-17-15-21(2)16-18-23)22(3)27(33)29-28(4,5)6/h9-10,12-13,15-18,22H,8,11,14,19-20H2,1-7H3,(H,29,33). The zero-order valence-corrected chi connectivity index (χ0v) is 23.9. The Morgan fingerprint density at radius 3 is 2.24 bits per heavy atom. The Hall–Kier alpha value is -3.07. The Morgan fingerprint density at radius 2 is 1.68 bits per heavy atom. The molecule has 1 unspecified atom stereocenters. The SMILES string of the molecule is CCOc1ccccc1N(CCCC(=O)N(Cc1ccc(C)cc1)C(C)C(=O)NC(C)(C)C)S(C)(=O)=O. The van der Waals surface area contributed by atoms with E-state index in [0.29, 0.717) is 18.0 Å². The molecule has 204 valence electrons. The second-order valence-corrected chi connectivity index (χ2v) is 12.2. The molecule has 0 aliphatic carbocycles. The second kappa shape index (κ2) is 12.9. The van der Waals surface area contributed by atoms with E-state index in [2.05, 4.69) is 5.32 Å². The van der Waals surface area contributed by atoms with E-state index in [9.17, 15) is 18.0 Å². The molecule has 0 aromatic heterocycles. The van der Waals surface area contributed by atoms with Gasteiger partial charge in [0, 0.05) is 25.0 Å². The molecule has 1 N–H and O–H groups in total. The van der Waals surface area contributed by atoms with Crippen LogP contribution < -0.4 is 14.4 Å². The van der Waals surface area contributed by atoms with Gasteiger partial charge in [0.05, 0.1) is 18.6 Å². The van der Waals surface area contributed by atoms with Crippen LogP contribution >= 0.6 is 0 Å². The van der Waals surface area contributed by atoms with Crippen molar-refractivity contribution in [1.82, 2.24) is 10.2 Å². The van der Waals surface area contributed by atoms with Crippen molar-refractivity contribution in [2.45, 2.75) is 72.5 Å². The third-order valence-corrected chi connectivity index (χ3v) is 6.90. The summed E-state index contributed by atoms with van der Waals surface area (Å²) in [6.07, 6.45) is 1.51. The van der Waals surface area contributed by atoms with Crippen LogP contribution in [0.3, 0.4) is 0 Å². The van der Waals surface area contributed by atoms with Gasteiger partial charge in [-0.25, -0.2) is 8.42 Å². The minimum Gasteiger partial charge on any atom is -0.492 e. The highest BCUT2D eigenvalue weighted by molar-refractivity contribution is 7.92. The Balaban J connectivity index is 2.22. The van der Waals surface area contributed by atoms with Gasteiger partial charge in [0.25, 0.3) is 0 Å². The van der Waals surface area contributed by atoms with Crippen molar-refractivity contribution in [3.63, 3.8) is 0 Å². The molecular formula is C28H41N3O5S. The predicted molar refractivity (Wildman–Crippen MR) is 148 cm³/mol. The summed E-state index contributed by atoms with van der Waals surface area (Å²) < 4.78 is 32.1. The number of aryl methyl sites for hydroxylation is 1. The summed E-state index contributed by atoms with van der Waals surface area (Å²) in [7, 11) is -3.62. The highest BCUT2D eigenvalue weighted by Crippen LogP contribution is 2.30. The first-order valence-electron chi connectivity index (χ1n) is 12.6. The molecule has 2 aromatic carbocycles. The van der Waals surface area contributed by atoms with Crippen LogP contribution in [0.1, 0.15) is 58.6 Å². The van der Waals surface area contributed by atoms with Gasteiger partial charge in [-0.1, -0.05) is 42.0 Å². The van der Waals surface area contributed by atoms with E-state index in [-0.39, 0.29) is 37.7 Å². The van der Waals surface area contributed by atoms with Crippen LogP contribution in [0.5, 0.6) is 5.75 Å². The molecule has 37 heavy (non-hydrogen) atoms. The Kier molecular flexibility index (Phi) is 10.5. The van der Waals surface area contributed by atoms with E-state index in [0.717, 1.165) is 17.4 Å². The first-order chi connectivity index (χ1) is 17.2. The predicted octanol–water partition coefficient (Wildman–Crippen LogP) is 4.27. The van der Waals surface area contributed by atoms with Crippen molar-refractivity contribution in [2.24, 2.45) is 0 Å². The van der Waals surface area contributed by atoms with Crippen molar-refractivity contribution in [1.29, 1.82) is 0 Å². The molecule has 9 heteroatoms. The molecule has 1 atom stereocenters. The van der Waals surface area contributed by atoms with E-state index in [4.69, 9.17) is 4.74 Å². The van der Waals surface area contributed by atoms with Crippen molar-refractivity contribution >= 4 is 27.5 Å². The topological polar surface area (TPSA) is 96.0 Å². The summed E-state index contributed by atoms with van der Waals surface area (Å²) in [6, 6.07) is 14.1. The average Bonchev–Trinajstić information content (AvgIpc) is 2.80. The van der Waals surface area contributed by atoms with Gasteiger partial charge in [-0.15, -0.1) is 0 Å². The van der Waals surface area contributed by atoms with E-state index in [1.165, 1.54) is 4.31 Å². The highest BCUT2D eigenvalue weighted by Gasteiger charge is 2.29. The van der Waals surface area contributed by atoms with Crippen LogP contribution in [0.4, 0.5) is 5.69 Å². The van der Waals surface area contributed by atoms with E-state index < -0.39 is 21.6 Å². The lowest BCUT2D eigenvalue weighted by Crippen LogP contribution is -2.52. The molecule has 8 nitrogen and oxygen atoms in total. The van der Waals surface area contributed by atoms with Crippen molar-refractivity contribution < 1.29 is 22.7 Å². The number of para-hydroxylation sites is 2. The van der Waals surface area contributed by atoms with Crippen molar-refractivity contribution in [3.8, 4) is 5.75 Å². The van der Waals surface area contributed by atoms with E-state index in [1.54, 1.807) is 36.1 Å². The van der Waals surface area contributed by atoms with Crippen LogP contribution in [0.2, 0.25) is 0 Å². The number of nitrogens with zero attached hydrogens (tertiary/aromatic N) is 2. The number of hydrogen-bond acceptors (Lipinski definition) is 5. The number of amides is 2. The van der Waals surface area contributed by atoms with Gasteiger partial charge >= 0.3 is 0 Å². The molecule has 0 saturated heterocycles. The molecule has 0 saturated carbocycles. The number of anilines is 1. The molecule has 2 aromatic rings. The number of carbonyl (C=O) groups is 2. The Bertz CT molecular complexity index is 1160. The van der Waals surface area contributed by atoms with Gasteiger partial charge < -0.3 is 15.0 Å². The third kappa shape index (κ3) is 9.39. The van der Waals surface area contributed by atoms with Gasteiger partial charge in [0.15, 0.2) is 0 Å². The molecule has 0 aliphatic rings. The maximum absolute atomic E-state index is 13.4. The van der Waals surface area contributed by atoms with Crippen LogP contribution in [-0.4, -0.2) is 56.1 Å². The maximum atomic E-state index is 13.4. The summed E-state index contributed by atoms with van der Waals surface area (Å²) in [4.78, 5) is 27.9. The zero-order valence-electron chi connectivity index (χ0n) is 23.1. The molecule has 0 aliphatic heterocycles. The Labute approximate surface area is 222 Å². The minimum absolute atomic E-state index is 0.0851. The number of rotatable bonds is 12. The number of nitrogens with one attached hydrogen (secondary N) is 1. The molecule has 0 spiro atoms. The lowest BCUT2D eigenvalue weighted by Gasteiger charge is -2.32. The first-order valence-corrected chi connectivity index (χ1v) is 14.4. The fourth-order valence-corrected chi connectivity index (χ4v) is 4.84. The average molecular weight is 532 g/mol. The molecule has 0 heterocycles. The van der Waals surface area contributed by atoms with Crippen LogP contribution in [0.25, 0.3) is 0 Å². The van der Waals surface area contributed by atoms with Crippen LogP contribution in [-0.2, 0) is 26.2 Å². The summed E-state index contributed by atoms with van der Waals surface area (Å²) in [6.45, 7) is 12.0. The second-order valence-electron chi connectivity index (χ2n) is 10.3. The molecule has 0 radical (unpaired) electrons. The lowest BCUT2D eigenvalue weighted by atomic mass is 10.1. The fraction of sp³-hybridized carbons (Fsp3) is 0.500. The number of benzene rings is 2. The third-order valence-electron chi connectivity index (χ3n) is 5.72. The fourth-order valence-electron chi connectivity index (χ4n) is 3.87. The van der Waals surface area contributed by atoms with E-state index >= 15 is 0 Å². The lowest BCUT2D eigenvalue weighted by molar-refractivity contribution is -0.141. The molecular weight excluding hydrogens is 490 g/mol. The largest absolute Gasteiger partial charge is 0.492 e. The maximum Gasteiger partial charge on any atom is 0.242 e. The molecule has 0 bridgehead atoms. The van der Waals surface area contributed by atoms with Crippen LogP contribution in [0, 0.1) is 6.92 Å². The Morgan fingerprint density at radius 1 is 1.05 bits per heavy atom. The normalized spacial score (nSPS) is 12.5. The highest BCUT2D eigenvalue weighted by atomic mass is 32.2. The number of carbonyl (C=O) groups excluding carboxylic acids is 2. The van der Waals surface area contributed by atoms with Crippen molar-refractivity contribution in [2.75, 3.05) is 23.7 Å². The number of sulfonamides is 1. The summed E-state index contributed by atoms with van der Waals surface area (Å²) in [5.74, 6) is 0.00951. The minimum atomic E-state index is -3.62. The monoisotopic (exact) mass is 531 g/mol. The zero-order chi connectivity index (χ0) is 27.8. The quantitative estimate of drug-likeness (QED) is 0.441. The molecule has 2 rings (SSSR count). The molecule has 2 amide bonds. The summed E-state index contributed by atoms with van der Waals surface area (Å²) in [5.41, 5.74) is 2.02. The number of ether oxygens (including phenoxy) is 1. The van der Waals surface area contributed by atoms with Gasteiger partial charge in [0.2, 0.25) is 21.8 Å². The van der Waals surface area contributed by atoms with Crippen LogP contribution in [0.15, 0.2) is 48.5 Å². The van der Waals surface area contributed by atoms with Gasteiger partial charge in [-0.05, 0) is 65.7 Å². The number of hydrogen-bond donors (Lipinski definition) is 1. The van der Waals surface area contributed by atoms with Gasteiger partial charge in [-0.3, -0.25) is 13.9 Å². The summed E-state index contributed by atoms with van der Waals surface area (Å²) in [5, 5.41) is 2.95. The molecule has 0 fully saturated rings. The van der Waals surface area contributed by atoms with E-state index in [1.807, 2.05) is 58.9 Å². The van der Waals surface area contributed by atoms with Gasteiger partial charge in [0.1, 0.15) is 11.8 Å². The smallest absolute Gasteiger partial charge is 0.242 e. The first kappa shape index (κ1) is 30.2. The summed E-state index contributed by atoms with van der Waals surface area (Å²) >= 11 is 0. The van der Waals surface area contributed by atoms with Gasteiger partial charge in [-0.2, -0.15) is 0 Å².